The minimum absolute atomic E-state index is 0.00464. The highest BCUT2D eigenvalue weighted by Gasteiger charge is 2.42. The zero-order valence-corrected chi connectivity index (χ0v) is 18.7. The lowest BCUT2D eigenvalue weighted by Gasteiger charge is -2.40. The molecule has 0 saturated carbocycles. The van der Waals surface area contributed by atoms with Gasteiger partial charge in [0.15, 0.2) is 23.0 Å². The molecule has 0 unspecified atom stereocenters. The van der Waals surface area contributed by atoms with E-state index in [-0.39, 0.29) is 24.5 Å². The van der Waals surface area contributed by atoms with Crippen LogP contribution in [0.5, 0.6) is 28.7 Å². The summed E-state index contributed by atoms with van der Waals surface area (Å²) in [7, 11) is 8.42. The molecule has 0 radical (unpaired) electrons. The summed E-state index contributed by atoms with van der Waals surface area (Å²) in [6, 6.07) is 8.14. The van der Waals surface area contributed by atoms with Crippen molar-refractivity contribution >= 4 is 0 Å². The monoisotopic (exact) mass is 430 g/mol. The first-order chi connectivity index (χ1) is 15.2. The van der Waals surface area contributed by atoms with Crippen molar-refractivity contribution in [1.82, 2.24) is 0 Å². The van der Waals surface area contributed by atoms with Gasteiger partial charge in [0.1, 0.15) is 0 Å². The first-order valence-corrected chi connectivity index (χ1v) is 10.4. The number of rotatable bonds is 8. The molecule has 0 saturated heterocycles. The molecule has 7 heteroatoms. The molecule has 4 rings (SSSR count). The Hall–Kier alpha value is -2.64. The van der Waals surface area contributed by atoms with Gasteiger partial charge in [0.25, 0.3) is 0 Å². The Morgan fingerprint density at radius 1 is 0.806 bits per heavy atom. The second kappa shape index (κ2) is 9.24. The van der Waals surface area contributed by atoms with Crippen LogP contribution in [0.25, 0.3) is 0 Å². The molecule has 3 atom stereocenters. The highest BCUT2D eigenvalue weighted by atomic mass is 16.7. The van der Waals surface area contributed by atoms with Gasteiger partial charge in [-0.25, -0.2) is 0 Å². The average molecular weight is 430 g/mol. The van der Waals surface area contributed by atoms with Crippen LogP contribution in [0.1, 0.15) is 22.6 Å². The molecule has 1 aliphatic carbocycles. The van der Waals surface area contributed by atoms with Crippen LogP contribution in [0, 0.1) is 11.8 Å². The van der Waals surface area contributed by atoms with Crippen molar-refractivity contribution in [2.24, 2.45) is 11.8 Å². The Bertz CT molecular complexity index is 927. The Morgan fingerprint density at radius 3 is 2.19 bits per heavy atom. The quantitative estimate of drug-likeness (QED) is 0.633. The minimum Gasteiger partial charge on any atom is -0.493 e. The van der Waals surface area contributed by atoms with Gasteiger partial charge < -0.3 is 33.2 Å². The van der Waals surface area contributed by atoms with E-state index in [1.54, 1.807) is 35.5 Å². The van der Waals surface area contributed by atoms with E-state index in [0.717, 1.165) is 23.3 Å². The number of hydrogen-bond acceptors (Lipinski definition) is 7. The third-order valence-corrected chi connectivity index (χ3v) is 6.29. The van der Waals surface area contributed by atoms with E-state index in [4.69, 9.17) is 33.2 Å². The largest absolute Gasteiger partial charge is 0.493 e. The Kier molecular flexibility index (Phi) is 6.43. The summed E-state index contributed by atoms with van der Waals surface area (Å²) in [5, 5.41) is 0. The lowest BCUT2D eigenvalue weighted by atomic mass is 9.66. The highest BCUT2D eigenvalue weighted by Crippen LogP contribution is 2.55. The van der Waals surface area contributed by atoms with E-state index >= 15 is 0 Å². The summed E-state index contributed by atoms with van der Waals surface area (Å²) >= 11 is 0. The Labute approximate surface area is 183 Å². The predicted octanol–water partition coefficient (Wildman–Crippen LogP) is 3.65. The van der Waals surface area contributed by atoms with Crippen molar-refractivity contribution in [2.45, 2.75) is 12.3 Å². The van der Waals surface area contributed by atoms with Crippen molar-refractivity contribution in [3.8, 4) is 28.7 Å². The maximum Gasteiger partial charge on any atom is 0.231 e. The van der Waals surface area contributed by atoms with Gasteiger partial charge in [0.05, 0.1) is 27.9 Å². The van der Waals surface area contributed by atoms with Gasteiger partial charge in [-0.15, -0.1) is 0 Å². The number of ether oxygens (including phenoxy) is 7. The Morgan fingerprint density at radius 2 is 1.52 bits per heavy atom. The van der Waals surface area contributed by atoms with Crippen LogP contribution < -0.4 is 23.7 Å². The molecule has 2 aliphatic rings. The summed E-state index contributed by atoms with van der Waals surface area (Å²) in [6.07, 6.45) is 0.841. The van der Waals surface area contributed by atoms with Crippen LogP contribution in [-0.2, 0) is 15.9 Å². The molecule has 2 aromatic carbocycles. The number of benzene rings is 2. The fourth-order valence-electron chi connectivity index (χ4n) is 4.97. The second-order valence-corrected chi connectivity index (χ2v) is 7.85. The molecule has 2 aromatic rings. The molecular formula is C24H30O7. The minimum atomic E-state index is 0.00464. The van der Waals surface area contributed by atoms with E-state index < -0.39 is 0 Å². The van der Waals surface area contributed by atoms with Crippen molar-refractivity contribution < 1.29 is 33.2 Å². The maximum absolute atomic E-state index is 5.98. The van der Waals surface area contributed by atoms with Gasteiger partial charge in [-0.2, -0.15) is 0 Å². The van der Waals surface area contributed by atoms with Crippen LogP contribution in [0.15, 0.2) is 24.3 Å². The zero-order chi connectivity index (χ0) is 22.0. The molecule has 0 N–H and O–H groups in total. The standard InChI is InChI=1S/C24H30O7/c1-25-11-16-8-15-10-20(29-5)23-24(31-13-30-23)22(15)21(17(16)12-26-2)14-6-7-18(27-3)19(9-14)28-4/h6-7,9-10,16-17,21H,8,11-13H2,1-5H3/t16-,17+,21-/m0/s1. The fraction of sp³-hybridized carbons (Fsp3) is 0.500. The van der Waals surface area contributed by atoms with E-state index in [1.807, 2.05) is 12.1 Å². The third kappa shape index (κ3) is 3.77. The van der Waals surface area contributed by atoms with Crippen molar-refractivity contribution in [2.75, 3.05) is 55.6 Å². The van der Waals surface area contributed by atoms with Crippen molar-refractivity contribution in [3.63, 3.8) is 0 Å². The van der Waals surface area contributed by atoms with E-state index in [1.165, 1.54) is 5.56 Å². The van der Waals surface area contributed by atoms with E-state index in [2.05, 4.69) is 12.1 Å². The second-order valence-electron chi connectivity index (χ2n) is 7.85. The van der Waals surface area contributed by atoms with Crippen LogP contribution >= 0.6 is 0 Å². The average Bonchev–Trinajstić information content (AvgIpc) is 3.29. The number of methoxy groups -OCH3 is 5. The van der Waals surface area contributed by atoms with Gasteiger partial charge in [-0.05, 0) is 47.6 Å². The van der Waals surface area contributed by atoms with Crippen LogP contribution in [0.2, 0.25) is 0 Å². The maximum atomic E-state index is 5.98. The van der Waals surface area contributed by atoms with Crippen molar-refractivity contribution in [1.29, 1.82) is 0 Å². The number of fused-ring (bicyclic) bond motifs is 3. The topological polar surface area (TPSA) is 64.6 Å². The van der Waals surface area contributed by atoms with Gasteiger partial charge in [-0.1, -0.05) is 6.07 Å². The molecule has 1 aliphatic heterocycles. The van der Waals surface area contributed by atoms with Crippen LogP contribution in [0.4, 0.5) is 0 Å². The van der Waals surface area contributed by atoms with Crippen molar-refractivity contribution in [3.05, 3.63) is 41.0 Å². The molecular weight excluding hydrogens is 400 g/mol. The summed E-state index contributed by atoms with van der Waals surface area (Å²) in [5.41, 5.74) is 3.40. The lowest BCUT2D eigenvalue weighted by Crippen LogP contribution is -2.36. The molecule has 7 nitrogen and oxygen atoms in total. The molecule has 168 valence electrons. The van der Waals surface area contributed by atoms with Gasteiger partial charge in [0, 0.05) is 32.3 Å². The predicted molar refractivity (Wildman–Crippen MR) is 115 cm³/mol. The lowest BCUT2D eigenvalue weighted by molar-refractivity contribution is 0.0559. The smallest absolute Gasteiger partial charge is 0.231 e. The van der Waals surface area contributed by atoms with E-state index in [0.29, 0.717) is 36.2 Å². The summed E-state index contributed by atoms with van der Waals surface area (Å²) in [6.45, 7) is 1.40. The Balaban J connectivity index is 1.93. The summed E-state index contributed by atoms with van der Waals surface area (Å²) in [5.74, 6) is 3.94. The fourth-order valence-corrected chi connectivity index (χ4v) is 4.97. The molecule has 1 heterocycles. The highest BCUT2D eigenvalue weighted by molar-refractivity contribution is 5.64. The third-order valence-electron chi connectivity index (χ3n) is 6.29. The molecule has 0 aromatic heterocycles. The molecule has 0 bridgehead atoms. The van der Waals surface area contributed by atoms with E-state index in [9.17, 15) is 0 Å². The molecule has 0 amide bonds. The summed E-state index contributed by atoms with van der Waals surface area (Å²) in [4.78, 5) is 0. The summed E-state index contributed by atoms with van der Waals surface area (Å²) < 4.78 is 39.7. The normalized spacial score (nSPS) is 21.5. The SMILES string of the molecule is COC[C@@H]1Cc2cc(OC)c3c(c2[C@@H](c2ccc(OC)c(OC)c2)[C@@H]1COC)OCO3. The van der Waals surface area contributed by atoms with Crippen LogP contribution in [-0.4, -0.2) is 55.6 Å². The van der Waals surface area contributed by atoms with Gasteiger partial charge >= 0.3 is 0 Å². The van der Waals surface area contributed by atoms with Gasteiger partial charge in [-0.3, -0.25) is 0 Å². The van der Waals surface area contributed by atoms with Gasteiger partial charge in [0.2, 0.25) is 12.5 Å². The molecule has 31 heavy (non-hydrogen) atoms. The first-order valence-electron chi connectivity index (χ1n) is 10.4. The molecule has 0 spiro atoms. The first kappa shape index (κ1) is 21.6. The number of hydrogen-bond donors (Lipinski definition) is 0. The zero-order valence-electron chi connectivity index (χ0n) is 18.7. The molecule has 0 fully saturated rings. The van der Waals surface area contributed by atoms with Crippen LogP contribution in [0.3, 0.4) is 0 Å².